The lowest BCUT2D eigenvalue weighted by atomic mass is 9.98. The van der Waals surface area contributed by atoms with Crippen LogP contribution in [-0.2, 0) is 0 Å². The second-order valence-electron chi connectivity index (χ2n) is 12.4. The quantitative estimate of drug-likeness (QED) is 0.185. The number of aromatic nitrogens is 3. The summed E-state index contributed by atoms with van der Waals surface area (Å²) < 4.78 is 8.90. The largest absolute Gasteiger partial charge is 0.456 e. The molecule has 3 heterocycles. The zero-order valence-corrected chi connectivity index (χ0v) is 27.6. The molecule has 234 valence electrons. The standard InChI is InChI=1S/C45H27N3OS/c1-3-10-28(11-4-1)29-18-20-30(21-19-29)32-23-25-38-37(26-32)42-36(15-9-16-39(42)49-38)45-47-43(31-12-5-2-6-13-31)46-44(48-45)33-22-24-35-34-14-7-8-17-40(34)50-41(35)27-33/h1-27H. The van der Waals surface area contributed by atoms with Gasteiger partial charge < -0.3 is 4.42 Å². The molecule has 4 nitrogen and oxygen atoms in total. The van der Waals surface area contributed by atoms with E-state index >= 15 is 0 Å². The number of thiophene rings is 1. The minimum Gasteiger partial charge on any atom is -0.456 e. The van der Waals surface area contributed by atoms with E-state index in [4.69, 9.17) is 19.4 Å². The summed E-state index contributed by atoms with van der Waals surface area (Å²) in [6.07, 6.45) is 0. The second-order valence-corrected chi connectivity index (χ2v) is 13.5. The van der Waals surface area contributed by atoms with Crippen molar-refractivity contribution in [2.45, 2.75) is 0 Å². The molecular formula is C45H27N3OS. The third-order valence-corrected chi connectivity index (χ3v) is 10.5. The van der Waals surface area contributed by atoms with Crippen molar-refractivity contribution in [1.82, 2.24) is 15.0 Å². The summed E-state index contributed by atoms with van der Waals surface area (Å²) in [7, 11) is 0. The summed E-state index contributed by atoms with van der Waals surface area (Å²) >= 11 is 1.79. The Bertz CT molecular complexity index is 2860. The first-order valence-electron chi connectivity index (χ1n) is 16.6. The van der Waals surface area contributed by atoms with E-state index in [1.165, 1.54) is 31.3 Å². The number of benzene rings is 7. The number of nitrogens with zero attached hydrogens (tertiary/aromatic N) is 3. The predicted molar refractivity (Wildman–Crippen MR) is 207 cm³/mol. The van der Waals surface area contributed by atoms with E-state index in [9.17, 15) is 0 Å². The number of fused-ring (bicyclic) bond motifs is 6. The molecule has 0 bridgehead atoms. The highest BCUT2D eigenvalue weighted by Gasteiger charge is 2.19. The molecule has 0 amide bonds. The maximum atomic E-state index is 6.42. The van der Waals surface area contributed by atoms with E-state index in [1.807, 2.05) is 48.5 Å². The molecule has 0 atom stereocenters. The van der Waals surface area contributed by atoms with Gasteiger partial charge in [-0.15, -0.1) is 11.3 Å². The fourth-order valence-electron chi connectivity index (χ4n) is 6.89. The molecule has 50 heavy (non-hydrogen) atoms. The Morgan fingerprint density at radius 3 is 1.76 bits per heavy atom. The summed E-state index contributed by atoms with van der Waals surface area (Å²) in [5.41, 5.74) is 9.07. The van der Waals surface area contributed by atoms with Gasteiger partial charge in [-0.1, -0.05) is 133 Å². The molecule has 10 aromatic rings. The SMILES string of the molecule is c1ccc(-c2ccc(-c3ccc4oc5cccc(-c6nc(-c7ccccc7)nc(-c7ccc8c(c7)sc7ccccc78)n6)c5c4c3)cc2)cc1. The van der Waals surface area contributed by atoms with E-state index in [0.29, 0.717) is 17.5 Å². The molecule has 3 aromatic heterocycles. The minimum atomic E-state index is 0.608. The highest BCUT2D eigenvalue weighted by Crippen LogP contribution is 2.40. The van der Waals surface area contributed by atoms with Crippen molar-refractivity contribution in [1.29, 1.82) is 0 Å². The highest BCUT2D eigenvalue weighted by atomic mass is 32.1. The van der Waals surface area contributed by atoms with Crippen molar-refractivity contribution < 1.29 is 4.42 Å². The maximum Gasteiger partial charge on any atom is 0.164 e. The first-order valence-corrected chi connectivity index (χ1v) is 17.4. The molecule has 0 fully saturated rings. The van der Waals surface area contributed by atoms with Crippen molar-refractivity contribution >= 4 is 53.4 Å². The summed E-state index contributed by atoms with van der Waals surface area (Å²) in [6.45, 7) is 0. The van der Waals surface area contributed by atoms with Crippen LogP contribution < -0.4 is 0 Å². The summed E-state index contributed by atoms with van der Waals surface area (Å²) in [5.74, 6) is 1.87. The Labute approximate surface area is 292 Å². The molecule has 7 aromatic carbocycles. The molecular weight excluding hydrogens is 631 g/mol. The van der Waals surface area contributed by atoms with Crippen LogP contribution in [0, 0.1) is 0 Å². The van der Waals surface area contributed by atoms with Crippen LogP contribution >= 0.6 is 11.3 Å². The first-order chi connectivity index (χ1) is 24.7. The van der Waals surface area contributed by atoms with Gasteiger partial charge in [-0.3, -0.25) is 0 Å². The van der Waals surface area contributed by atoms with Gasteiger partial charge >= 0.3 is 0 Å². The van der Waals surface area contributed by atoms with Gasteiger partial charge in [-0.2, -0.15) is 0 Å². The molecule has 0 spiro atoms. The molecule has 0 aliphatic carbocycles. The zero-order valence-electron chi connectivity index (χ0n) is 26.7. The Kier molecular flexibility index (Phi) is 6.64. The van der Waals surface area contributed by atoms with Gasteiger partial charge in [0.1, 0.15) is 11.2 Å². The molecule has 0 aliphatic rings. The van der Waals surface area contributed by atoms with Crippen LogP contribution in [0.3, 0.4) is 0 Å². The smallest absolute Gasteiger partial charge is 0.164 e. The molecule has 0 radical (unpaired) electrons. The van der Waals surface area contributed by atoms with Crippen LogP contribution in [0.25, 0.3) is 98.5 Å². The Hall–Kier alpha value is -6.43. The van der Waals surface area contributed by atoms with Gasteiger partial charge in [-0.05, 0) is 52.6 Å². The average Bonchev–Trinajstić information content (AvgIpc) is 3.76. The molecule has 0 saturated heterocycles. The summed E-state index contributed by atoms with van der Waals surface area (Å²) in [4.78, 5) is 15.3. The number of hydrogen-bond donors (Lipinski definition) is 0. The van der Waals surface area contributed by atoms with E-state index in [1.54, 1.807) is 11.3 Å². The van der Waals surface area contributed by atoms with Crippen LogP contribution in [0.4, 0.5) is 0 Å². The van der Waals surface area contributed by atoms with Gasteiger partial charge in [0, 0.05) is 47.6 Å². The van der Waals surface area contributed by atoms with Crippen LogP contribution in [0.15, 0.2) is 168 Å². The maximum absolute atomic E-state index is 6.42. The Morgan fingerprint density at radius 1 is 0.360 bits per heavy atom. The molecule has 0 saturated carbocycles. The van der Waals surface area contributed by atoms with Crippen molar-refractivity contribution in [2.24, 2.45) is 0 Å². The minimum absolute atomic E-state index is 0.608. The van der Waals surface area contributed by atoms with Crippen LogP contribution in [0.2, 0.25) is 0 Å². The molecule has 5 heteroatoms. The van der Waals surface area contributed by atoms with Gasteiger partial charge in [-0.25, -0.2) is 15.0 Å². The summed E-state index contributed by atoms with van der Waals surface area (Å²) in [6, 6.07) is 56.9. The average molecular weight is 658 g/mol. The Balaban J connectivity index is 1.13. The summed E-state index contributed by atoms with van der Waals surface area (Å²) in [5, 5.41) is 4.52. The van der Waals surface area contributed by atoms with Crippen LogP contribution in [-0.4, -0.2) is 15.0 Å². The normalized spacial score (nSPS) is 11.6. The molecule has 10 rings (SSSR count). The number of furan rings is 1. The van der Waals surface area contributed by atoms with Gasteiger partial charge in [0.05, 0.1) is 0 Å². The topological polar surface area (TPSA) is 51.8 Å². The van der Waals surface area contributed by atoms with E-state index < -0.39 is 0 Å². The van der Waals surface area contributed by atoms with Crippen LogP contribution in [0.5, 0.6) is 0 Å². The van der Waals surface area contributed by atoms with E-state index in [-0.39, 0.29) is 0 Å². The van der Waals surface area contributed by atoms with Crippen molar-refractivity contribution in [3.8, 4) is 56.4 Å². The third kappa shape index (κ3) is 4.87. The fraction of sp³-hybridized carbons (Fsp3) is 0. The van der Waals surface area contributed by atoms with Crippen LogP contribution in [0.1, 0.15) is 0 Å². The van der Waals surface area contributed by atoms with Gasteiger partial charge in [0.2, 0.25) is 0 Å². The number of hydrogen-bond acceptors (Lipinski definition) is 5. The molecule has 0 unspecified atom stereocenters. The lowest BCUT2D eigenvalue weighted by molar-refractivity contribution is 0.669. The highest BCUT2D eigenvalue weighted by molar-refractivity contribution is 7.25. The lowest BCUT2D eigenvalue weighted by Crippen LogP contribution is -2.00. The Morgan fingerprint density at radius 2 is 0.960 bits per heavy atom. The second kappa shape index (κ2) is 11.6. The lowest BCUT2D eigenvalue weighted by Gasteiger charge is -2.09. The first kappa shape index (κ1) is 28.6. The van der Waals surface area contributed by atoms with E-state index in [0.717, 1.165) is 49.8 Å². The monoisotopic (exact) mass is 657 g/mol. The molecule has 0 aliphatic heterocycles. The van der Waals surface area contributed by atoms with Crippen molar-refractivity contribution in [2.75, 3.05) is 0 Å². The zero-order chi connectivity index (χ0) is 33.0. The van der Waals surface area contributed by atoms with Gasteiger partial charge in [0.25, 0.3) is 0 Å². The predicted octanol–water partition coefficient (Wildman–Crippen LogP) is 12.5. The number of rotatable bonds is 5. The van der Waals surface area contributed by atoms with Crippen molar-refractivity contribution in [3.63, 3.8) is 0 Å². The van der Waals surface area contributed by atoms with Gasteiger partial charge in [0.15, 0.2) is 17.5 Å². The molecule has 0 N–H and O–H groups in total. The van der Waals surface area contributed by atoms with E-state index in [2.05, 4.69) is 115 Å². The third-order valence-electron chi connectivity index (χ3n) is 9.37. The van der Waals surface area contributed by atoms with Crippen molar-refractivity contribution in [3.05, 3.63) is 164 Å². The fourth-order valence-corrected chi connectivity index (χ4v) is 8.03.